The number of aromatic nitrogens is 4. The van der Waals surface area contributed by atoms with E-state index in [9.17, 15) is 14.0 Å². The van der Waals surface area contributed by atoms with E-state index >= 15 is 0 Å². The highest BCUT2D eigenvalue weighted by molar-refractivity contribution is 5.91. The SMILES string of the molecule is CCc1c(C)nc(-n2nc(C)cc2NC(=O)COc2ccc(F)cc2)[nH]c1=O. The van der Waals surface area contributed by atoms with Crippen LogP contribution in [0.5, 0.6) is 5.75 Å². The van der Waals surface area contributed by atoms with Crippen LogP contribution in [0.2, 0.25) is 0 Å². The van der Waals surface area contributed by atoms with E-state index in [-0.39, 0.29) is 23.9 Å². The maximum atomic E-state index is 12.9. The standard InChI is InChI=1S/C19H20FN5O3/c1-4-15-12(3)21-19(23-18(15)27)25-16(9-11(2)24-25)22-17(26)10-28-14-7-5-13(20)6-8-14/h5-9H,4,10H2,1-3H3,(H,22,26)(H,21,23,27). The zero-order valence-corrected chi connectivity index (χ0v) is 15.7. The normalized spacial score (nSPS) is 10.7. The molecule has 146 valence electrons. The van der Waals surface area contributed by atoms with Crippen molar-refractivity contribution in [2.45, 2.75) is 27.2 Å². The van der Waals surface area contributed by atoms with Crippen molar-refractivity contribution >= 4 is 11.7 Å². The molecule has 0 saturated carbocycles. The summed E-state index contributed by atoms with van der Waals surface area (Å²) in [5.74, 6) is 0.106. The van der Waals surface area contributed by atoms with Crippen LogP contribution >= 0.6 is 0 Å². The zero-order valence-electron chi connectivity index (χ0n) is 15.7. The lowest BCUT2D eigenvalue weighted by Crippen LogP contribution is -2.24. The Hall–Kier alpha value is -3.49. The van der Waals surface area contributed by atoms with Gasteiger partial charge in [0.1, 0.15) is 17.4 Å². The Morgan fingerprint density at radius 3 is 2.64 bits per heavy atom. The molecule has 0 bridgehead atoms. The van der Waals surface area contributed by atoms with Crippen LogP contribution in [-0.2, 0) is 11.2 Å². The summed E-state index contributed by atoms with van der Waals surface area (Å²) in [6.07, 6.45) is 0.566. The molecular formula is C19H20FN5O3. The smallest absolute Gasteiger partial charge is 0.263 e. The molecule has 0 aliphatic rings. The highest BCUT2D eigenvalue weighted by Gasteiger charge is 2.15. The lowest BCUT2D eigenvalue weighted by Gasteiger charge is -2.10. The lowest BCUT2D eigenvalue weighted by atomic mass is 10.2. The Bertz CT molecular complexity index is 1060. The first-order valence-electron chi connectivity index (χ1n) is 8.72. The first-order valence-corrected chi connectivity index (χ1v) is 8.72. The van der Waals surface area contributed by atoms with Crippen molar-refractivity contribution in [2.24, 2.45) is 0 Å². The molecule has 0 aliphatic carbocycles. The van der Waals surface area contributed by atoms with Gasteiger partial charge in [-0.15, -0.1) is 0 Å². The van der Waals surface area contributed by atoms with E-state index in [2.05, 4.69) is 20.4 Å². The van der Waals surface area contributed by atoms with Gasteiger partial charge in [0.2, 0.25) is 5.95 Å². The zero-order chi connectivity index (χ0) is 20.3. The predicted octanol–water partition coefficient (Wildman–Crippen LogP) is 2.29. The molecular weight excluding hydrogens is 365 g/mol. The van der Waals surface area contributed by atoms with Gasteiger partial charge >= 0.3 is 0 Å². The van der Waals surface area contributed by atoms with Crippen molar-refractivity contribution in [3.8, 4) is 11.7 Å². The van der Waals surface area contributed by atoms with E-state index < -0.39 is 5.91 Å². The molecule has 0 unspecified atom stereocenters. The number of anilines is 1. The van der Waals surface area contributed by atoms with Gasteiger partial charge < -0.3 is 10.1 Å². The fourth-order valence-electron chi connectivity index (χ4n) is 2.72. The number of amides is 1. The molecule has 1 aromatic carbocycles. The molecule has 0 radical (unpaired) electrons. The number of nitrogens with zero attached hydrogens (tertiary/aromatic N) is 3. The minimum atomic E-state index is -0.435. The molecule has 0 atom stereocenters. The van der Waals surface area contributed by atoms with Crippen LogP contribution in [0, 0.1) is 19.7 Å². The third kappa shape index (κ3) is 4.25. The minimum absolute atomic E-state index is 0.211. The number of carbonyl (C=O) groups is 1. The van der Waals surface area contributed by atoms with E-state index in [1.165, 1.54) is 28.9 Å². The van der Waals surface area contributed by atoms with Gasteiger partial charge in [-0.05, 0) is 44.5 Å². The molecule has 0 aliphatic heterocycles. The number of hydrogen-bond donors (Lipinski definition) is 2. The number of H-pyrrole nitrogens is 1. The van der Waals surface area contributed by atoms with Gasteiger partial charge in [-0.25, -0.2) is 9.37 Å². The van der Waals surface area contributed by atoms with Crippen LogP contribution in [0.15, 0.2) is 35.1 Å². The maximum Gasteiger partial charge on any atom is 0.263 e. The van der Waals surface area contributed by atoms with Crippen molar-refractivity contribution in [1.82, 2.24) is 19.7 Å². The van der Waals surface area contributed by atoms with Crippen molar-refractivity contribution in [2.75, 3.05) is 11.9 Å². The fourth-order valence-corrected chi connectivity index (χ4v) is 2.72. The van der Waals surface area contributed by atoms with Crippen LogP contribution in [0.4, 0.5) is 10.2 Å². The monoisotopic (exact) mass is 385 g/mol. The van der Waals surface area contributed by atoms with Crippen molar-refractivity contribution in [3.05, 3.63) is 63.5 Å². The fraction of sp³-hybridized carbons (Fsp3) is 0.263. The molecule has 2 N–H and O–H groups in total. The molecule has 0 spiro atoms. The Morgan fingerprint density at radius 1 is 1.29 bits per heavy atom. The number of aromatic amines is 1. The van der Waals surface area contributed by atoms with Gasteiger partial charge in [0, 0.05) is 17.3 Å². The Kier molecular flexibility index (Phi) is 5.53. The van der Waals surface area contributed by atoms with Gasteiger partial charge in [-0.2, -0.15) is 9.78 Å². The van der Waals surface area contributed by atoms with E-state index in [0.29, 0.717) is 34.9 Å². The molecule has 9 heteroatoms. The maximum absolute atomic E-state index is 12.9. The molecule has 8 nitrogen and oxygen atoms in total. The number of rotatable bonds is 6. The van der Waals surface area contributed by atoms with Crippen LogP contribution < -0.4 is 15.6 Å². The summed E-state index contributed by atoms with van der Waals surface area (Å²) in [5, 5.41) is 6.97. The third-order valence-electron chi connectivity index (χ3n) is 4.05. The number of carbonyl (C=O) groups excluding carboxylic acids is 1. The number of benzene rings is 1. The van der Waals surface area contributed by atoms with Crippen LogP contribution in [0.1, 0.15) is 23.9 Å². The highest BCUT2D eigenvalue weighted by Crippen LogP contribution is 2.15. The number of ether oxygens (including phenoxy) is 1. The number of halogens is 1. The molecule has 1 amide bonds. The van der Waals surface area contributed by atoms with Crippen molar-refractivity contribution < 1.29 is 13.9 Å². The van der Waals surface area contributed by atoms with E-state index in [4.69, 9.17) is 4.74 Å². The number of hydrogen-bond acceptors (Lipinski definition) is 5. The van der Waals surface area contributed by atoms with Gasteiger partial charge in [-0.1, -0.05) is 6.92 Å². The summed E-state index contributed by atoms with van der Waals surface area (Å²) in [7, 11) is 0. The second-order valence-electron chi connectivity index (χ2n) is 6.18. The Balaban J connectivity index is 1.78. The van der Waals surface area contributed by atoms with E-state index in [1.807, 2.05) is 6.92 Å². The number of aryl methyl sites for hydroxylation is 2. The van der Waals surface area contributed by atoms with Gasteiger partial charge in [0.25, 0.3) is 11.5 Å². The summed E-state index contributed by atoms with van der Waals surface area (Å²) in [6.45, 7) is 5.12. The summed E-state index contributed by atoms with van der Waals surface area (Å²) >= 11 is 0. The second-order valence-corrected chi connectivity index (χ2v) is 6.18. The highest BCUT2D eigenvalue weighted by atomic mass is 19.1. The largest absolute Gasteiger partial charge is 0.484 e. The molecule has 28 heavy (non-hydrogen) atoms. The van der Waals surface area contributed by atoms with Gasteiger partial charge in [-0.3, -0.25) is 14.6 Å². The average Bonchev–Trinajstić information content (AvgIpc) is 3.01. The molecule has 0 fully saturated rings. The summed E-state index contributed by atoms with van der Waals surface area (Å²) < 4.78 is 19.6. The topological polar surface area (TPSA) is 102 Å². The quantitative estimate of drug-likeness (QED) is 0.678. The van der Waals surface area contributed by atoms with Crippen LogP contribution in [0.25, 0.3) is 5.95 Å². The summed E-state index contributed by atoms with van der Waals surface area (Å²) in [5.41, 5.74) is 1.60. The van der Waals surface area contributed by atoms with Crippen molar-refractivity contribution in [3.63, 3.8) is 0 Å². The van der Waals surface area contributed by atoms with E-state index in [1.54, 1.807) is 19.9 Å². The molecule has 3 rings (SSSR count). The first kappa shape index (κ1) is 19.3. The van der Waals surface area contributed by atoms with E-state index in [0.717, 1.165) is 0 Å². The van der Waals surface area contributed by atoms with Crippen LogP contribution in [0.3, 0.4) is 0 Å². The molecule has 2 aromatic heterocycles. The van der Waals surface area contributed by atoms with Gasteiger partial charge in [0.15, 0.2) is 6.61 Å². The van der Waals surface area contributed by atoms with Gasteiger partial charge in [0.05, 0.1) is 5.69 Å². The second kappa shape index (κ2) is 8.03. The molecule has 3 aromatic rings. The summed E-state index contributed by atoms with van der Waals surface area (Å²) in [4.78, 5) is 31.5. The first-order chi connectivity index (χ1) is 13.4. The van der Waals surface area contributed by atoms with Crippen molar-refractivity contribution in [1.29, 1.82) is 0 Å². The number of nitrogens with one attached hydrogen (secondary N) is 2. The summed E-state index contributed by atoms with van der Waals surface area (Å²) in [6, 6.07) is 7.01. The van der Waals surface area contributed by atoms with Crippen LogP contribution in [-0.4, -0.2) is 32.3 Å². The average molecular weight is 385 g/mol. The minimum Gasteiger partial charge on any atom is -0.484 e. The predicted molar refractivity (Wildman–Crippen MR) is 101 cm³/mol. The lowest BCUT2D eigenvalue weighted by molar-refractivity contribution is -0.118. The Labute approximate surface area is 160 Å². The molecule has 2 heterocycles. The Morgan fingerprint density at radius 2 is 2.00 bits per heavy atom. The third-order valence-corrected chi connectivity index (χ3v) is 4.05. The molecule has 0 saturated heterocycles.